The van der Waals surface area contributed by atoms with Crippen molar-refractivity contribution in [1.29, 1.82) is 0 Å². The molecule has 0 amide bonds. The standard InChI is InChI=1S/C14H13Cl2FN2O/c1-3-10(20-2)14-18-12(15)11(13(16)19-14)8-4-6-9(17)7-5-8/h4-7,10H,3H2,1-2H3. The van der Waals surface area contributed by atoms with Crippen LogP contribution in [0.5, 0.6) is 0 Å². The van der Waals surface area contributed by atoms with Crippen LogP contribution in [0.4, 0.5) is 4.39 Å². The summed E-state index contributed by atoms with van der Waals surface area (Å²) in [6, 6.07) is 5.83. The molecule has 0 radical (unpaired) electrons. The number of nitrogens with zero attached hydrogens (tertiary/aromatic N) is 2. The summed E-state index contributed by atoms with van der Waals surface area (Å²) >= 11 is 12.4. The van der Waals surface area contributed by atoms with Gasteiger partial charge in [0.2, 0.25) is 0 Å². The Hall–Kier alpha value is -1.23. The van der Waals surface area contributed by atoms with E-state index in [1.54, 1.807) is 19.2 Å². The first-order valence-corrected chi connectivity index (χ1v) is 6.84. The van der Waals surface area contributed by atoms with Crippen LogP contribution >= 0.6 is 23.2 Å². The third kappa shape index (κ3) is 3.08. The fourth-order valence-corrected chi connectivity index (χ4v) is 2.50. The molecule has 0 spiro atoms. The monoisotopic (exact) mass is 314 g/mol. The SMILES string of the molecule is CCC(OC)c1nc(Cl)c(-c2ccc(F)cc2)c(Cl)n1. The van der Waals surface area contributed by atoms with Crippen LogP contribution in [0.1, 0.15) is 25.3 Å². The lowest BCUT2D eigenvalue weighted by Crippen LogP contribution is -2.07. The van der Waals surface area contributed by atoms with Crippen molar-refractivity contribution in [2.24, 2.45) is 0 Å². The summed E-state index contributed by atoms with van der Waals surface area (Å²) in [6.45, 7) is 1.95. The molecule has 106 valence electrons. The Bertz CT molecular complexity index is 578. The average molecular weight is 315 g/mol. The molecule has 0 saturated heterocycles. The molecule has 1 aromatic carbocycles. The maximum Gasteiger partial charge on any atom is 0.160 e. The molecule has 0 saturated carbocycles. The number of methoxy groups -OCH3 is 1. The molecule has 20 heavy (non-hydrogen) atoms. The molecule has 2 aromatic rings. The van der Waals surface area contributed by atoms with Gasteiger partial charge in [-0.05, 0) is 24.1 Å². The number of hydrogen-bond donors (Lipinski definition) is 0. The number of ether oxygens (including phenoxy) is 1. The number of halogens is 3. The van der Waals surface area contributed by atoms with E-state index in [1.165, 1.54) is 12.1 Å². The van der Waals surface area contributed by atoms with Gasteiger partial charge in [-0.25, -0.2) is 14.4 Å². The van der Waals surface area contributed by atoms with E-state index in [2.05, 4.69) is 9.97 Å². The highest BCUT2D eigenvalue weighted by atomic mass is 35.5. The Kier molecular flexibility index (Phi) is 4.91. The molecule has 0 aliphatic carbocycles. The minimum atomic E-state index is -0.330. The first-order chi connectivity index (χ1) is 9.56. The third-order valence-corrected chi connectivity index (χ3v) is 3.46. The Morgan fingerprint density at radius 1 is 1.15 bits per heavy atom. The van der Waals surface area contributed by atoms with Crippen LogP contribution in [0, 0.1) is 5.82 Å². The van der Waals surface area contributed by atoms with Crippen LogP contribution in [0.15, 0.2) is 24.3 Å². The van der Waals surface area contributed by atoms with Gasteiger partial charge in [0.15, 0.2) is 5.82 Å². The van der Waals surface area contributed by atoms with Gasteiger partial charge in [0.05, 0.1) is 5.56 Å². The van der Waals surface area contributed by atoms with Crippen molar-refractivity contribution in [1.82, 2.24) is 9.97 Å². The van der Waals surface area contributed by atoms with Gasteiger partial charge in [-0.15, -0.1) is 0 Å². The zero-order chi connectivity index (χ0) is 14.7. The van der Waals surface area contributed by atoms with Crippen LogP contribution in [0.2, 0.25) is 10.3 Å². The predicted molar refractivity (Wildman–Crippen MR) is 77.5 cm³/mol. The van der Waals surface area contributed by atoms with E-state index in [9.17, 15) is 4.39 Å². The Morgan fingerprint density at radius 3 is 2.15 bits per heavy atom. The molecule has 3 nitrogen and oxygen atoms in total. The Labute approximate surface area is 126 Å². The quantitative estimate of drug-likeness (QED) is 0.768. The molecular formula is C14H13Cl2FN2O. The Balaban J connectivity index is 2.48. The molecule has 0 N–H and O–H groups in total. The van der Waals surface area contributed by atoms with Gasteiger partial charge in [0, 0.05) is 7.11 Å². The summed E-state index contributed by atoms with van der Waals surface area (Å²) in [5.41, 5.74) is 1.15. The lowest BCUT2D eigenvalue weighted by Gasteiger charge is -2.14. The molecular weight excluding hydrogens is 302 g/mol. The molecule has 0 bridgehead atoms. The van der Waals surface area contributed by atoms with Gasteiger partial charge in [0.1, 0.15) is 22.2 Å². The largest absolute Gasteiger partial charge is 0.373 e. The van der Waals surface area contributed by atoms with Crippen LogP contribution in [-0.4, -0.2) is 17.1 Å². The summed E-state index contributed by atoms with van der Waals surface area (Å²) in [6.07, 6.45) is 0.450. The fraction of sp³-hybridized carbons (Fsp3) is 0.286. The van der Waals surface area contributed by atoms with E-state index >= 15 is 0 Å². The van der Waals surface area contributed by atoms with E-state index in [0.29, 0.717) is 23.4 Å². The normalized spacial score (nSPS) is 12.4. The molecule has 0 aliphatic rings. The van der Waals surface area contributed by atoms with E-state index in [4.69, 9.17) is 27.9 Å². The Morgan fingerprint density at radius 2 is 1.70 bits per heavy atom. The molecule has 0 aliphatic heterocycles. The first-order valence-electron chi connectivity index (χ1n) is 6.08. The van der Waals surface area contributed by atoms with E-state index in [-0.39, 0.29) is 22.2 Å². The fourth-order valence-electron chi connectivity index (χ4n) is 1.88. The smallest absolute Gasteiger partial charge is 0.160 e. The summed E-state index contributed by atoms with van der Waals surface area (Å²) in [4.78, 5) is 8.45. The highest BCUT2D eigenvalue weighted by Crippen LogP contribution is 2.34. The van der Waals surface area contributed by atoms with Gasteiger partial charge in [-0.1, -0.05) is 42.3 Å². The second-order valence-corrected chi connectivity index (χ2v) is 4.89. The highest BCUT2D eigenvalue weighted by Gasteiger charge is 2.18. The van der Waals surface area contributed by atoms with Crippen LogP contribution in [0.25, 0.3) is 11.1 Å². The maximum absolute atomic E-state index is 13.0. The minimum absolute atomic E-state index is 0.224. The summed E-state index contributed by atoms with van der Waals surface area (Å²) in [5, 5.41) is 0.448. The number of benzene rings is 1. The van der Waals surface area contributed by atoms with Crippen molar-refractivity contribution < 1.29 is 9.13 Å². The van der Waals surface area contributed by atoms with Gasteiger partial charge in [-0.2, -0.15) is 0 Å². The molecule has 2 rings (SSSR count). The van der Waals surface area contributed by atoms with E-state index < -0.39 is 0 Å². The topological polar surface area (TPSA) is 35.0 Å². The summed E-state index contributed by atoms with van der Waals surface area (Å²) < 4.78 is 18.2. The predicted octanol–water partition coefficient (Wildman–Crippen LogP) is 4.69. The highest BCUT2D eigenvalue weighted by molar-refractivity contribution is 6.37. The third-order valence-electron chi connectivity index (χ3n) is 2.91. The number of aromatic nitrogens is 2. The van der Waals surface area contributed by atoms with Gasteiger partial charge in [-0.3, -0.25) is 0 Å². The molecule has 1 atom stereocenters. The molecule has 6 heteroatoms. The maximum atomic E-state index is 13.0. The number of hydrogen-bond acceptors (Lipinski definition) is 3. The van der Waals surface area contributed by atoms with Crippen molar-refractivity contribution >= 4 is 23.2 Å². The molecule has 1 heterocycles. The van der Waals surface area contributed by atoms with Gasteiger partial charge in [0.25, 0.3) is 0 Å². The lowest BCUT2D eigenvalue weighted by atomic mass is 10.1. The van der Waals surface area contributed by atoms with Gasteiger partial charge >= 0.3 is 0 Å². The average Bonchev–Trinajstić information content (AvgIpc) is 2.41. The van der Waals surface area contributed by atoms with Crippen molar-refractivity contribution in [3.8, 4) is 11.1 Å². The van der Waals surface area contributed by atoms with Gasteiger partial charge < -0.3 is 4.74 Å². The molecule has 1 unspecified atom stereocenters. The molecule has 1 aromatic heterocycles. The van der Waals surface area contributed by atoms with Crippen LogP contribution < -0.4 is 0 Å². The lowest BCUT2D eigenvalue weighted by molar-refractivity contribution is 0.0926. The van der Waals surface area contributed by atoms with Crippen molar-refractivity contribution in [2.75, 3.05) is 7.11 Å². The second kappa shape index (κ2) is 6.48. The summed E-state index contributed by atoms with van der Waals surface area (Å²) in [7, 11) is 1.58. The zero-order valence-corrected chi connectivity index (χ0v) is 12.5. The van der Waals surface area contributed by atoms with Crippen LogP contribution in [-0.2, 0) is 4.74 Å². The van der Waals surface area contributed by atoms with Crippen LogP contribution in [0.3, 0.4) is 0 Å². The first kappa shape index (κ1) is 15.2. The zero-order valence-electron chi connectivity index (χ0n) is 11.0. The van der Waals surface area contributed by atoms with E-state index in [0.717, 1.165) is 0 Å². The molecule has 0 fully saturated rings. The van der Waals surface area contributed by atoms with E-state index in [1.807, 2.05) is 6.92 Å². The summed E-state index contributed by atoms with van der Waals surface area (Å²) in [5.74, 6) is 0.111. The second-order valence-electron chi connectivity index (χ2n) is 4.18. The van der Waals surface area contributed by atoms with Crippen molar-refractivity contribution in [3.63, 3.8) is 0 Å². The van der Waals surface area contributed by atoms with Crippen molar-refractivity contribution in [3.05, 3.63) is 46.2 Å². The number of rotatable bonds is 4. The minimum Gasteiger partial charge on any atom is -0.373 e. The van der Waals surface area contributed by atoms with Crippen molar-refractivity contribution in [2.45, 2.75) is 19.4 Å².